The summed E-state index contributed by atoms with van der Waals surface area (Å²) in [5, 5.41) is 13.0. The second-order valence-electron chi connectivity index (χ2n) is 4.55. The van der Waals surface area contributed by atoms with Crippen LogP contribution in [0.1, 0.15) is 12.0 Å². The van der Waals surface area contributed by atoms with E-state index >= 15 is 0 Å². The number of ether oxygens (including phenoxy) is 1. The van der Waals surface area contributed by atoms with E-state index in [1.807, 2.05) is 6.07 Å². The fraction of sp³-hybridized carbons (Fsp3) is 0.500. The number of phenolic OH excluding ortho intramolecular Hbond substituents is 1. The number of hydrogen-bond donors (Lipinski definition) is 2. The molecule has 1 spiro atoms. The molecule has 2 atom stereocenters. The standard InChI is InChI=1S/C12H14FNO2/c13-11-7-16-5-4-12(11)6-8-9(14-12)2-1-3-10(8)15/h1-3,11,14-15H,4-7H2. The van der Waals surface area contributed by atoms with Crippen LogP contribution < -0.4 is 5.32 Å². The summed E-state index contributed by atoms with van der Waals surface area (Å²) < 4.78 is 19.1. The Bertz CT molecular complexity index is 423. The van der Waals surface area contributed by atoms with Crippen molar-refractivity contribution in [1.82, 2.24) is 0 Å². The summed E-state index contributed by atoms with van der Waals surface area (Å²) in [7, 11) is 0. The fourth-order valence-corrected chi connectivity index (χ4v) is 2.60. The third-order valence-corrected chi connectivity index (χ3v) is 3.58. The molecular formula is C12H14FNO2. The van der Waals surface area contributed by atoms with Crippen molar-refractivity contribution in [2.24, 2.45) is 0 Å². The molecule has 86 valence electrons. The highest BCUT2D eigenvalue weighted by Gasteiger charge is 2.46. The van der Waals surface area contributed by atoms with Crippen LogP contribution in [-0.2, 0) is 11.2 Å². The lowest BCUT2D eigenvalue weighted by Gasteiger charge is -2.37. The van der Waals surface area contributed by atoms with Crippen LogP contribution in [0.5, 0.6) is 5.75 Å². The van der Waals surface area contributed by atoms with Crippen LogP contribution in [-0.4, -0.2) is 30.0 Å². The van der Waals surface area contributed by atoms with Crippen molar-refractivity contribution in [2.75, 3.05) is 18.5 Å². The molecule has 0 aromatic heterocycles. The number of halogens is 1. The lowest BCUT2D eigenvalue weighted by molar-refractivity contribution is -0.00553. The lowest BCUT2D eigenvalue weighted by Crippen LogP contribution is -2.52. The first-order valence-electron chi connectivity index (χ1n) is 5.52. The molecule has 0 radical (unpaired) electrons. The molecule has 3 nitrogen and oxygen atoms in total. The van der Waals surface area contributed by atoms with Gasteiger partial charge in [0.15, 0.2) is 0 Å². The van der Waals surface area contributed by atoms with E-state index in [4.69, 9.17) is 4.74 Å². The van der Waals surface area contributed by atoms with Gasteiger partial charge in [-0.1, -0.05) is 6.07 Å². The average molecular weight is 223 g/mol. The Labute approximate surface area is 93.2 Å². The number of fused-ring (bicyclic) bond motifs is 1. The summed E-state index contributed by atoms with van der Waals surface area (Å²) in [6, 6.07) is 5.30. The Hall–Kier alpha value is -1.29. The lowest BCUT2D eigenvalue weighted by atomic mass is 9.85. The van der Waals surface area contributed by atoms with E-state index in [9.17, 15) is 9.50 Å². The second-order valence-corrected chi connectivity index (χ2v) is 4.55. The fourth-order valence-electron chi connectivity index (χ4n) is 2.60. The topological polar surface area (TPSA) is 41.5 Å². The number of anilines is 1. The van der Waals surface area contributed by atoms with Crippen molar-refractivity contribution in [1.29, 1.82) is 0 Å². The summed E-state index contributed by atoms with van der Waals surface area (Å²) >= 11 is 0. The molecule has 4 heteroatoms. The van der Waals surface area contributed by atoms with Gasteiger partial charge in [-0.15, -0.1) is 0 Å². The van der Waals surface area contributed by atoms with E-state index in [0.717, 1.165) is 11.3 Å². The zero-order valence-corrected chi connectivity index (χ0v) is 8.87. The van der Waals surface area contributed by atoms with Crippen LogP contribution >= 0.6 is 0 Å². The summed E-state index contributed by atoms with van der Waals surface area (Å²) in [5.41, 5.74) is 1.11. The molecule has 0 saturated carbocycles. The third kappa shape index (κ3) is 1.29. The largest absolute Gasteiger partial charge is 0.508 e. The number of nitrogens with one attached hydrogen (secondary N) is 1. The first kappa shape index (κ1) is 9.90. The Balaban J connectivity index is 1.97. The smallest absolute Gasteiger partial charge is 0.147 e. The highest BCUT2D eigenvalue weighted by molar-refractivity contribution is 5.64. The Kier molecular flexibility index (Phi) is 2.07. The Morgan fingerprint density at radius 2 is 2.38 bits per heavy atom. The Morgan fingerprint density at radius 1 is 1.50 bits per heavy atom. The quantitative estimate of drug-likeness (QED) is 0.705. The molecule has 2 N–H and O–H groups in total. The molecular weight excluding hydrogens is 209 g/mol. The van der Waals surface area contributed by atoms with Gasteiger partial charge in [0.2, 0.25) is 0 Å². The van der Waals surface area contributed by atoms with Crippen molar-refractivity contribution in [3.05, 3.63) is 23.8 Å². The first-order chi connectivity index (χ1) is 7.71. The third-order valence-electron chi connectivity index (χ3n) is 3.58. The number of alkyl halides is 1. The monoisotopic (exact) mass is 223 g/mol. The van der Waals surface area contributed by atoms with Gasteiger partial charge >= 0.3 is 0 Å². The first-order valence-corrected chi connectivity index (χ1v) is 5.52. The normalized spacial score (nSPS) is 32.4. The molecule has 3 rings (SSSR count). The van der Waals surface area contributed by atoms with Crippen LogP contribution in [0.15, 0.2) is 18.2 Å². The van der Waals surface area contributed by atoms with E-state index in [1.54, 1.807) is 12.1 Å². The van der Waals surface area contributed by atoms with Crippen LogP contribution in [0.3, 0.4) is 0 Å². The van der Waals surface area contributed by atoms with Gasteiger partial charge in [0, 0.05) is 24.3 Å². The van der Waals surface area contributed by atoms with Crippen LogP contribution in [0, 0.1) is 0 Å². The van der Waals surface area contributed by atoms with Crippen molar-refractivity contribution in [3.63, 3.8) is 0 Å². The molecule has 1 saturated heterocycles. The average Bonchev–Trinajstić information content (AvgIpc) is 2.64. The SMILES string of the molecule is Oc1cccc2c1CC1(CCOCC1F)N2. The Morgan fingerprint density at radius 3 is 3.12 bits per heavy atom. The van der Waals surface area contributed by atoms with Crippen molar-refractivity contribution in [2.45, 2.75) is 24.6 Å². The number of phenols is 1. The molecule has 2 heterocycles. The maximum Gasteiger partial charge on any atom is 0.147 e. The predicted octanol–water partition coefficient (Wildman–Crippen LogP) is 1.86. The minimum Gasteiger partial charge on any atom is -0.508 e. The molecule has 1 aromatic carbocycles. The van der Waals surface area contributed by atoms with Gasteiger partial charge in [0.05, 0.1) is 12.1 Å². The van der Waals surface area contributed by atoms with Crippen molar-refractivity contribution < 1.29 is 14.2 Å². The molecule has 2 unspecified atom stereocenters. The molecule has 0 aliphatic carbocycles. The number of rotatable bonds is 0. The molecule has 2 aliphatic rings. The maximum atomic E-state index is 14.0. The molecule has 1 fully saturated rings. The van der Waals surface area contributed by atoms with Gasteiger partial charge in [0.25, 0.3) is 0 Å². The highest BCUT2D eigenvalue weighted by atomic mass is 19.1. The predicted molar refractivity (Wildman–Crippen MR) is 58.5 cm³/mol. The van der Waals surface area contributed by atoms with E-state index in [2.05, 4.69) is 5.32 Å². The van der Waals surface area contributed by atoms with Gasteiger partial charge in [-0.25, -0.2) is 4.39 Å². The number of hydrogen-bond acceptors (Lipinski definition) is 3. The van der Waals surface area contributed by atoms with E-state index in [1.165, 1.54) is 0 Å². The summed E-state index contributed by atoms with van der Waals surface area (Å²) in [6.07, 6.45) is 0.162. The summed E-state index contributed by atoms with van der Waals surface area (Å²) in [5.74, 6) is 0.251. The van der Waals surface area contributed by atoms with Gasteiger partial charge in [-0.3, -0.25) is 0 Å². The minimum absolute atomic E-state index is 0.141. The number of benzene rings is 1. The van der Waals surface area contributed by atoms with E-state index in [-0.39, 0.29) is 12.4 Å². The van der Waals surface area contributed by atoms with Crippen LogP contribution in [0.4, 0.5) is 10.1 Å². The molecule has 0 amide bonds. The second kappa shape index (κ2) is 3.35. The zero-order valence-electron chi connectivity index (χ0n) is 8.87. The molecule has 16 heavy (non-hydrogen) atoms. The minimum atomic E-state index is -1.02. The van der Waals surface area contributed by atoms with Gasteiger partial charge in [-0.2, -0.15) is 0 Å². The molecule has 0 bridgehead atoms. The van der Waals surface area contributed by atoms with E-state index < -0.39 is 11.7 Å². The van der Waals surface area contributed by atoms with Crippen molar-refractivity contribution >= 4 is 5.69 Å². The van der Waals surface area contributed by atoms with Gasteiger partial charge in [0.1, 0.15) is 11.9 Å². The highest BCUT2D eigenvalue weighted by Crippen LogP contribution is 2.42. The maximum absolute atomic E-state index is 14.0. The van der Waals surface area contributed by atoms with Gasteiger partial charge < -0.3 is 15.2 Å². The molecule has 1 aromatic rings. The van der Waals surface area contributed by atoms with E-state index in [0.29, 0.717) is 19.4 Å². The summed E-state index contributed by atoms with van der Waals surface area (Å²) in [6.45, 7) is 0.712. The zero-order chi connectivity index (χ0) is 11.2. The van der Waals surface area contributed by atoms with Gasteiger partial charge in [-0.05, 0) is 18.6 Å². The molecule has 2 aliphatic heterocycles. The number of aromatic hydroxyl groups is 1. The van der Waals surface area contributed by atoms with Crippen LogP contribution in [0.25, 0.3) is 0 Å². The summed E-state index contributed by atoms with van der Waals surface area (Å²) in [4.78, 5) is 0. The van der Waals surface area contributed by atoms with Crippen LogP contribution in [0.2, 0.25) is 0 Å². The van der Waals surface area contributed by atoms with Crippen molar-refractivity contribution in [3.8, 4) is 5.75 Å².